The molecule has 0 amide bonds. The molecule has 2 aromatic rings. The molecule has 5 nitrogen and oxygen atoms in total. The molecule has 2 atom stereocenters. The Hall–Kier alpha value is -2.24. The average molecular weight is 383 g/mol. The van der Waals surface area contributed by atoms with Crippen LogP contribution in [-0.4, -0.2) is 17.7 Å². The summed E-state index contributed by atoms with van der Waals surface area (Å²) < 4.78 is 50.7. The topological polar surface area (TPSA) is 64.6 Å². The number of alkyl halides is 2. The van der Waals surface area contributed by atoms with Crippen molar-refractivity contribution in [3.05, 3.63) is 66.2 Å². The molecular weight excluding hydrogens is 363 g/mol. The number of carbonyl (C=O) groups excluding carboxylic acids is 1. The van der Waals surface area contributed by atoms with Gasteiger partial charge in [-0.05, 0) is 24.6 Å². The molecule has 140 valence electrons. The molecule has 0 fully saturated rings. The summed E-state index contributed by atoms with van der Waals surface area (Å²) in [5.41, 5.74) is -2.95. The first-order chi connectivity index (χ1) is 12.2. The smallest absolute Gasteiger partial charge is 0.385 e. The van der Waals surface area contributed by atoms with E-state index in [0.717, 1.165) is 5.56 Å². The molecule has 0 aromatic heterocycles. The standard InChI is InChI=1S/C18H20F2NO4P/c1-14(17(22)24-13-15-9-5-3-6-10-15)21-26(23,18(2,19)20)25-16-11-7-4-8-12-16/h3-12,14H,13H2,1-2H3,(H,21,23)/t14-,26?/m0/s1. The second-order valence-electron chi connectivity index (χ2n) is 5.74. The maximum Gasteiger partial charge on any atom is 0.385 e. The highest BCUT2D eigenvalue weighted by Gasteiger charge is 2.50. The molecule has 0 bridgehead atoms. The Morgan fingerprint density at radius 2 is 1.65 bits per heavy atom. The van der Waals surface area contributed by atoms with Crippen LogP contribution in [0, 0.1) is 0 Å². The zero-order chi connectivity index (χ0) is 19.2. The second kappa shape index (κ2) is 8.43. The average Bonchev–Trinajstić information content (AvgIpc) is 2.60. The summed E-state index contributed by atoms with van der Waals surface area (Å²) in [6.45, 7) is 1.75. The third-order valence-electron chi connectivity index (χ3n) is 3.44. The van der Waals surface area contributed by atoms with E-state index in [1.165, 1.54) is 19.1 Å². The van der Waals surface area contributed by atoms with Gasteiger partial charge in [-0.2, -0.15) is 8.78 Å². The van der Waals surface area contributed by atoms with Crippen molar-refractivity contribution in [1.82, 2.24) is 5.09 Å². The normalized spacial score (nSPS) is 14.9. The molecule has 1 N–H and O–H groups in total. The quantitative estimate of drug-likeness (QED) is 0.533. The van der Waals surface area contributed by atoms with E-state index < -0.39 is 25.2 Å². The van der Waals surface area contributed by atoms with Crippen LogP contribution < -0.4 is 9.61 Å². The molecule has 0 aliphatic heterocycles. The van der Waals surface area contributed by atoms with Crippen molar-refractivity contribution in [2.45, 2.75) is 32.2 Å². The molecule has 0 radical (unpaired) electrons. The van der Waals surface area contributed by atoms with Crippen molar-refractivity contribution in [2.24, 2.45) is 0 Å². The fraction of sp³-hybridized carbons (Fsp3) is 0.278. The van der Waals surface area contributed by atoms with E-state index in [4.69, 9.17) is 9.26 Å². The highest BCUT2D eigenvalue weighted by molar-refractivity contribution is 7.58. The van der Waals surface area contributed by atoms with Gasteiger partial charge >= 0.3 is 19.2 Å². The summed E-state index contributed by atoms with van der Waals surface area (Å²) in [4.78, 5) is 12.1. The molecule has 0 aliphatic rings. The maximum absolute atomic E-state index is 13.9. The van der Waals surface area contributed by atoms with Gasteiger partial charge in [0.05, 0.1) is 0 Å². The van der Waals surface area contributed by atoms with E-state index in [1.54, 1.807) is 42.5 Å². The minimum absolute atomic E-state index is 0.00899. The zero-order valence-electron chi connectivity index (χ0n) is 14.4. The number of carbonyl (C=O) groups is 1. The number of hydrogen-bond donors (Lipinski definition) is 1. The summed E-state index contributed by atoms with van der Waals surface area (Å²) in [5.74, 6) is -0.801. The number of benzene rings is 2. The lowest BCUT2D eigenvalue weighted by molar-refractivity contribution is -0.146. The first-order valence-electron chi connectivity index (χ1n) is 7.92. The predicted molar refractivity (Wildman–Crippen MR) is 94.1 cm³/mol. The van der Waals surface area contributed by atoms with E-state index in [9.17, 15) is 18.1 Å². The van der Waals surface area contributed by atoms with E-state index in [1.807, 2.05) is 6.07 Å². The molecule has 0 heterocycles. The second-order valence-corrected chi connectivity index (χ2v) is 8.07. The summed E-state index contributed by atoms with van der Waals surface area (Å²) in [7, 11) is -4.71. The van der Waals surface area contributed by atoms with Crippen LogP contribution in [0.2, 0.25) is 0 Å². The van der Waals surface area contributed by atoms with Crippen molar-refractivity contribution >= 4 is 13.5 Å². The van der Waals surface area contributed by atoms with Gasteiger partial charge in [-0.1, -0.05) is 48.5 Å². The predicted octanol–water partition coefficient (Wildman–Crippen LogP) is 4.59. The Morgan fingerprint density at radius 3 is 2.19 bits per heavy atom. The number of para-hydroxylation sites is 1. The van der Waals surface area contributed by atoms with Gasteiger partial charge in [0, 0.05) is 6.92 Å². The fourth-order valence-corrected chi connectivity index (χ4v) is 3.48. The van der Waals surface area contributed by atoms with Crippen LogP contribution in [0.4, 0.5) is 8.78 Å². The van der Waals surface area contributed by atoms with Gasteiger partial charge in [0.15, 0.2) is 0 Å². The lowest BCUT2D eigenvalue weighted by Crippen LogP contribution is -2.38. The molecule has 0 aliphatic carbocycles. The first kappa shape index (κ1) is 20.1. The number of hydrogen-bond acceptors (Lipinski definition) is 4. The van der Waals surface area contributed by atoms with Gasteiger partial charge in [-0.25, -0.2) is 5.09 Å². The number of halogens is 2. The summed E-state index contributed by atoms with van der Waals surface area (Å²) in [6, 6.07) is 15.2. The van der Waals surface area contributed by atoms with Gasteiger partial charge in [-0.15, -0.1) is 0 Å². The molecular formula is C18H20F2NO4P. The van der Waals surface area contributed by atoms with Crippen molar-refractivity contribution in [1.29, 1.82) is 0 Å². The van der Waals surface area contributed by atoms with Crippen molar-refractivity contribution in [2.75, 3.05) is 0 Å². The van der Waals surface area contributed by atoms with Crippen LogP contribution in [0.15, 0.2) is 60.7 Å². The Balaban J connectivity index is 2.05. The van der Waals surface area contributed by atoms with Crippen molar-refractivity contribution in [3.8, 4) is 5.75 Å². The molecule has 0 saturated carbocycles. The SMILES string of the molecule is C[C@H](NP(=O)(Oc1ccccc1)C(C)(F)F)C(=O)OCc1ccccc1. The van der Waals surface area contributed by atoms with Crippen LogP contribution in [0.3, 0.4) is 0 Å². The Morgan fingerprint density at radius 1 is 1.12 bits per heavy atom. The van der Waals surface area contributed by atoms with Crippen LogP contribution >= 0.6 is 7.52 Å². The lowest BCUT2D eigenvalue weighted by atomic mass is 10.2. The largest absolute Gasteiger partial charge is 0.460 e. The molecule has 1 unspecified atom stereocenters. The van der Waals surface area contributed by atoms with Gasteiger partial charge in [0.2, 0.25) is 0 Å². The van der Waals surface area contributed by atoms with E-state index in [2.05, 4.69) is 5.09 Å². The molecule has 0 saturated heterocycles. The molecule has 26 heavy (non-hydrogen) atoms. The number of esters is 1. The Kier molecular flexibility index (Phi) is 6.51. The van der Waals surface area contributed by atoms with Crippen molar-refractivity contribution < 1.29 is 27.4 Å². The van der Waals surface area contributed by atoms with Crippen LogP contribution in [0.5, 0.6) is 5.75 Å². The minimum Gasteiger partial charge on any atom is -0.460 e. The highest BCUT2D eigenvalue weighted by Crippen LogP contribution is 2.57. The van der Waals surface area contributed by atoms with Gasteiger partial charge in [0.25, 0.3) is 0 Å². The molecule has 0 spiro atoms. The Labute approximate surface area is 150 Å². The van der Waals surface area contributed by atoms with E-state index in [0.29, 0.717) is 6.92 Å². The number of rotatable bonds is 8. The molecule has 2 rings (SSSR count). The Bertz CT molecular complexity index is 766. The van der Waals surface area contributed by atoms with Crippen LogP contribution in [-0.2, 0) is 20.7 Å². The summed E-state index contributed by atoms with van der Waals surface area (Å²) in [6.07, 6.45) is 0. The van der Waals surface area contributed by atoms with Gasteiger partial charge < -0.3 is 9.26 Å². The van der Waals surface area contributed by atoms with E-state index in [-0.39, 0.29) is 12.4 Å². The van der Waals surface area contributed by atoms with Crippen LogP contribution in [0.1, 0.15) is 19.4 Å². The van der Waals surface area contributed by atoms with Crippen LogP contribution in [0.25, 0.3) is 0 Å². The fourth-order valence-electron chi connectivity index (χ4n) is 2.01. The molecule has 2 aromatic carbocycles. The van der Waals surface area contributed by atoms with Gasteiger partial charge in [-0.3, -0.25) is 9.36 Å². The third-order valence-corrected chi connectivity index (χ3v) is 5.66. The van der Waals surface area contributed by atoms with Gasteiger partial charge in [0.1, 0.15) is 18.4 Å². The monoisotopic (exact) mass is 383 g/mol. The lowest BCUT2D eigenvalue weighted by Gasteiger charge is -2.27. The highest BCUT2D eigenvalue weighted by atomic mass is 31.2. The summed E-state index contributed by atoms with van der Waals surface area (Å²) >= 11 is 0. The zero-order valence-corrected chi connectivity index (χ0v) is 15.3. The van der Waals surface area contributed by atoms with E-state index >= 15 is 0 Å². The van der Waals surface area contributed by atoms with Crippen molar-refractivity contribution in [3.63, 3.8) is 0 Å². The summed E-state index contributed by atoms with van der Waals surface area (Å²) in [5, 5.41) is 2.13. The maximum atomic E-state index is 13.9. The number of nitrogens with one attached hydrogen (secondary N) is 1. The minimum atomic E-state index is -4.71. The molecule has 8 heteroatoms. The first-order valence-corrected chi connectivity index (χ1v) is 9.55. The number of ether oxygens (including phenoxy) is 1. The third kappa shape index (κ3) is 5.38.